The number of hydrogen-bond donors (Lipinski definition) is 0. The summed E-state index contributed by atoms with van der Waals surface area (Å²) in [7, 11) is 2.11. The molecule has 0 N–H and O–H groups in total. The van der Waals surface area contributed by atoms with Gasteiger partial charge in [0.1, 0.15) is 0 Å². The van der Waals surface area contributed by atoms with Crippen LogP contribution in [0.3, 0.4) is 0 Å². The van der Waals surface area contributed by atoms with E-state index in [2.05, 4.69) is 39.2 Å². The molecular formula is C26H29N5O. The number of anilines is 1. The predicted octanol–water partition coefficient (Wildman–Crippen LogP) is 3.87. The Morgan fingerprint density at radius 2 is 1.59 bits per heavy atom. The molecule has 2 fully saturated rings. The Morgan fingerprint density at radius 1 is 0.844 bits per heavy atom. The Balaban J connectivity index is 1.33. The summed E-state index contributed by atoms with van der Waals surface area (Å²) in [4.78, 5) is 20.0. The third kappa shape index (κ3) is 4.23. The van der Waals surface area contributed by atoms with Gasteiger partial charge in [0.05, 0.1) is 11.7 Å². The molecule has 2 saturated heterocycles. The van der Waals surface area contributed by atoms with Gasteiger partial charge in [0.25, 0.3) is 5.91 Å². The monoisotopic (exact) mass is 427 g/mol. The summed E-state index contributed by atoms with van der Waals surface area (Å²) in [5.41, 5.74) is 3.69. The number of carbonyl (C=O) groups is 1. The van der Waals surface area contributed by atoms with Crippen molar-refractivity contribution in [3.05, 3.63) is 77.9 Å². The minimum Gasteiger partial charge on any atom is -0.355 e. The van der Waals surface area contributed by atoms with Crippen molar-refractivity contribution >= 4 is 11.7 Å². The zero-order chi connectivity index (χ0) is 21.9. The molecule has 5 rings (SSSR count). The molecular weight excluding hydrogens is 398 g/mol. The molecule has 3 heterocycles. The first-order valence-electron chi connectivity index (χ1n) is 11.4. The number of piperazine rings is 1. The lowest BCUT2D eigenvalue weighted by Gasteiger charge is -2.40. The van der Waals surface area contributed by atoms with Crippen molar-refractivity contribution < 1.29 is 4.79 Å². The van der Waals surface area contributed by atoms with Gasteiger partial charge in [-0.1, -0.05) is 42.5 Å². The Morgan fingerprint density at radius 3 is 2.28 bits per heavy atom. The predicted molar refractivity (Wildman–Crippen MR) is 127 cm³/mol. The number of rotatable bonds is 4. The Labute approximate surface area is 189 Å². The molecule has 1 unspecified atom stereocenters. The summed E-state index contributed by atoms with van der Waals surface area (Å²) in [6.45, 7) is 4.56. The summed E-state index contributed by atoms with van der Waals surface area (Å²) in [5.74, 6) is 1.02. The molecule has 0 radical (unpaired) electrons. The van der Waals surface area contributed by atoms with E-state index >= 15 is 0 Å². The van der Waals surface area contributed by atoms with E-state index in [-0.39, 0.29) is 11.9 Å². The fourth-order valence-electron chi connectivity index (χ4n) is 4.67. The number of carbonyl (C=O) groups excluding carboxylic acids is 1. The zero-order valence-electron chi connectivity index (χ0n) is 18.5. The molecule has 0 spiro atoms. The van der Waals surface area contributed by atoms with E-state index in [0.29, 0.717) is 5.56 Å². The maximum atomic E-state index is 13.4. The van der Waals surface area contributed by atoms with Crippen molar-refractivity contribution in [1.29, 1.82) is 0 Å². The highest BCUT2D eigenvalue weighted by Gasteiger charge is 2.30. The van der Waals surface area contributed by atoms with Crippen molar-refractivity contribution in [3.8, 4) is 11.3 Å². The van der Waals surface area contributed by atoms with Gasteiger partial charge in [-0.2, -0.15) is 0 Å². The van der Waals surface area contributed by atoms with Crippen LogP contribution in [0.5, 0.6) is 0 Å². The first kappa shape index (κ1) is 20.6. The smallest absolute Gasteiger partial charge is 0.254 e. The van der Waals surface area contributed by atoms with E-state index in [4.69, 9.17) is 0 Å². The first-order chi connectivity index (χ1) is 15.7. The summed E-state index contributed by atoms with van der Waals surface area (Å²) >= 11 is 0. The Hall–Kier alpha value is -3.25. The van der Waals surface area contributed by atoms with Gasteiger partial charge in [0, 0.05) is 43.9 Å². The van der Waals surface area contributed by atoms with Crippen molar-refractivity contribution in [2.75, 3.05) is 44.7 Å². The van der Waals surface area contributed by atoms with Gasteiger partial charge >= 0.3 is 0 Å². The van der Waals surface area contributed by atoms with E-state index in [9.17, 15) is 4.79 Å². The van der Waals surface area contributed by atoms with E-state index in [1.807, 2.05) is 59.5 Å². The third-order valence-electron chi connectivity index (χ3n) is 6.54. The van der Waals surface area contributed by atoms with Gasteiger partial charge in [-0.25, -0.2) is 0 Å². The van der Waals surface area contributed by atoms with Crippen LogP contribution in [0.2, 0.25) is 0 Å². The first-order valence-corrected chi connectivity index (χ1v) is 11.4. The SMILES string of the molecule is CN1CCN(C(=O)c2ccc(-c3ccc(N4CCCC4)nn3)cc2)C(c2ccccc2)C1. The highest BCUT2D eigenvalue weighted by atomic mass is 16.2. The van der Waals surface area contributed by atoms with Crippen LogP contribution < -0.4 is 4.90 Å². The van der Waals surface area contributed by atoms with E-state index in [0.717, 1.165) is 49.8 Å². The number of nitrogens with zero attached hydrogens (tertiary/aromatic N) is 5. The molecule has 0 aliphatic carbocycles. The second-order valence-electron chi connectivity index (χ2n) is 8.74. The normalized spacial score (nSPS) is 19.3. The number of amides is 1. The molecule has 1 amide bonds. The lowest BCUT2D eigenvalue weighted by Crippen LogP contribution is -2.49. The van der Waals surface area contributed by atoms with E-state index in [1.54, 1.807) is 0 Å². The van der Waals surface area contributed by atoms with Crippen molar-refractivity contribution in [3.63, 3.8) is 0 Å². The van der Waals surface area contributed by atoms with Gasteiger partial charge in [0.15, 0.2) is 5.82 Å². The average molecular weight is 428 g/mol. The topological polar surface area (TPSA) is 52.6 Å². The summed E-state index contributed by atoms with van der Waals surface area (Å²) < 4.78 is 0. The summed E-state index contributed by atoms with van der Waals surface area (Å²) in [6.07, 6.45) is 2.44. The van der Waals surface area contributed by atoms with Crippen LogP contribution in [0.1, 0.15) is 34.8 Å². The van der Waals surface area contributed by atoms with Gasteiger partial charge in [-0.15, -0.1) is 10.2 Å². The quantitative estimate of drug-likeness (QED) is 0.633. The summed E-state index contributed by atoms with van der Waals surface area (Å²) in [6, 6.07) is 22.2. The maximum Gasteiger partial charge on any atom is 0.254 e. The van der Waals surface area contributed by atoms with Gasteiger partial charge in [0.2, 0.25) is 0 Å². The molecule has 6 heteroatoms. The van der Waals surface area contributed by atoms with Crippen molar-refractivity contribution in [2.24, 2.45) is 0 Å². The molecule has 2 aromatic carbocycles. The number of benzene rings is 2. The van der Waals surface area contributed by atoms with Crippen LogP contribution >= 0.6 is 0 Å². The lowest BCUT2D eigenvalue weighted by atomic mass is 10.0. The van der Waals surface area contributed by atoms with E-state index in [1.165, 1.54) is 18.4 Å². The van der Waals surface area contributed by atoms with Crippen LogP contribution in [0, 0.1) is 0 Å². The molecule has 6 nitrogen and oxygen atoms in total. The molecule has 0 saturated carbocycles. The third-order valence-corrected chi connectivity index (χ3v) is 6.54. The fourth-order valence-corrected chi connectivity index (χ4v) is 4.67. The molecule has 32 heavy (non-hydrogen) atoms. The molecule has 0 bridgehead atoms. The highest BCUT2D eigenvalue weighted by Crippen LogP contribution is 2.27. The van der Waals surface area contributed by atoms with Crippen molar-refractivity contribution in [1.82, 2.24) is 20.0 Å². The highest BCUT2D eigenvalue weighted by molar-refractivity contribution is 5.95. The van der Waals surface area contributed by atoms with Crippen LogP contribution in [0.25, 0.3) is 11.3 Å². The molecule has 1 aromatic heterocycles. The minimum absolute atomic E-state index is 0.0612. The van der Waals surface area contributed by atoms with E-state index < -0.39 is 0 Å². The Kier molecular flexibility index (Phi) is 5.86. The molecule has 164 valence electrons. The van der Waals surface area contributed by atoms with Gasteiger partial charge in [-0.05, 0) is 49.7 Å². The summed E-state index contributed by atoms with van der Waals surface area (Å²) in [5, 5.41) is 8.84. The molecule has 2 aliphatic heterocycles. The minimum atomic E-state index is 0.0612. The lowest BCUT2D eigenvalue weighted by molar-refractivity contribution is 0.0498. The molecule has 3 aromatic rings. The van der Waals surface area contributed by atoms with Crippen LogP contribution in [0.15, 0.2) is 66.7 Å². The van der Waals surface area contributed by atoms with Crippen LogP contribution in [-0.2, 0) is 0 Å². The second-order valence-corrected chi connectivity index (χ2v) is 8.74. The maximum absolute atomic E-state index is 13.4. The number of aromatic nitrogens is 2. The van der Waals surface area contributed by atoms with Gasteiger partial charge in [-0.3, -0.25) is 4.79 Å². The standard InChI is InChI=1S/C26H29N5O/c1-29-17-18-31(24(19-29)21-7-3-2-4-8-21)26(32)22-11-9-20(10-12-22)23-13-14-25(28-27-23)30-15-5-6-16-30/h2-4,7-14,24H,5-6,15-19H2,1H3. The fraction of sp³-hybridized carbons (Fsp3) is 0.346. The van der Waals surface area contributed by atoms with Crippen molar-refractivity contribution in [2.45, 2.75) is 18.9 Å². The second kappa shape index (κ2) is 9.09. The number of hydrogen-bond acceptors (Lipinski definition) is 5. The zero-order valence-corrected chi connectivity index (χ0v) is 18.5. The molecule has 1 atom stereocenters. The Bertz CT molecular complexity index is 1050. The van der Waals surface area contributed by atoms with Crippen LogP contribution in [-0.4, -0.2) is 65.7 Å². The molecule has 2 aliphatic rings. The van der Waals surface area contributed by atoms with Crippen LogP contribution in [0.4, 0.5) is 5.82 Å². The average Bonchev–Trinajstić information content (AvgIpc) is 3.39. The van der Waals surface area contributed by atoms with Gasteiger partial charge < -0.3 is 14.7 Å². The largest absolute Gasteiger partial charge is 0.355 e. The number of likely N-dealkylation sites (N-methyl/N-ethyl adjacent to an activating group) is 1.